The van der Waals surface area contributed by atoms with E-state index in [4.69, 9.17) is 25.8 Å². The number of carbonyl (C=O) groups excluding carboxylic acids is 1. The number of hydrogen-bond acceptors (Lipinski definition) is 6. The number of hydrogen-bond donors (Lipinski definition) is 0. The van der Waals surface area contributed by atoms with Gasteiger partial charge in [-0.3, -0.25) is 4.79 Å². The normalized spacial score (nSPS) is 10.8. The van der Waals surface area contributed by atoms with Crippen molar-refractivity contribution in [3.8, 4) is 22.8 Å². The molecule has 0 bridgehead atoms. The molecule has 31 heavy (non-hydrogen) atoms. The second kappa shape index (κ2) is 9.95. The molecule has 160 valence electrons. The van der Waals surface area contributed by atoms with Gasteiger partial charge in [0, 0.05) is 10.6 Å². The molecule has 3 aromatic rings. The lowest BCUT2D eigenvalue weighted by atomic mass is 10.1. The summed E-state index contributed by atoms with van der Waals surface area (Å²) in [6, 6.07) is 13.9. The molecule has 0 saturated heterocycles. The van der Waals surface area contributed by atoms with Crippen molar-refractivity contribution in [1.82, 2.24) is 9.78 Å². The van der Waals surface area contributed by atoms with Crippen LogP contribution >= 0.6 is 11.6 Å². The van der Waals surface area contributed by atoms with E-state index in [9.17, 15) is 9.59 Å². The van der Waals surface area contributed by atoms with E-state index in [0.717, 1.165) is 5.56 Å². The molecule has 0 aliphatic rings. The summed E-state index contributed by atoms with van der Waals surface area (Å²) in [5.41, 5.74) is 1.33. The Bertz CT molecular complexity index is 1170. The Labute approximate surface area is 184 Å². The van der Waals surface area contributed by atoms with Gasteiger partial charge in [0.2, 0.25) is 0 Å². The summed E-state index contributed by atoms with van der Waals surface area (Å²) < 4.78 is 16.6. The summed E-state index contributed by atoms with van der Waals surface area (Å²) >= 11 is 5.90. The number of methoxy groups -OCH3 is 3. The summed E-state index contributed by atoms with van der Waals surface area (Å²) in [5.74, 6) is 0.324. The number of benzene rings is 2. The van der Waals surface area contributed by atoms with Crippen LogP contribution in [0.4, 0.5) is 0 Å². The van der Waals surface area contributed by atoms with Gasteiger partial charge in [-0.2, -0.15) is 5.10 Å². The molecule has 0 amide bonds. The molecular weight excluding hydrogens is 420 g/mol. The van der Waals surface area contributed by atoms with Gasteiger partial charge in [-0.25, -0.2) is 9.48 Å². The third-order valence-corrected chi connectivity index (χ3v) is 4.77. The molecule has 8 heteroatoms. The monoisotopic (exact) mass is 440 g/mol. The van der Waals surface area contributed by atoms with Crippen LogP contribution in [-0.4, -0.2) is 37.1 Å². The molecule has 0 unspecified atom stereocenters. The topological polar surface area (TPSA) is 79.7 Å². The molecule has 0 aliphatic carbocycles. The van der Waals surface area contributed by atoms with E-state index in [0.29, 0.717) is 27.8 Å². The molecule has 0 spiro atoms. The summed E-state index contributed by atoms with van der Waals surface area (Å²) in [6.45, 7) is 0.159. The summed E-state index contributed by atoms with van der Waals surface area (Å²) in [7, 11) is 4.29. The number of nitrogens with zero attached hydrogens (tertiary/aromatic N) is 2. The van der Waals surface area contributed by atoms with Gasteiger partial charge in [0.1, 0.15) is 5.56 Å². The Kier molecular flexibility index (Phi) is 7.10. The minimum absolute atomic E-state index is 0.109. The van der Waals surface area contributed by atoms with E-state index >= 15 is 0 Å². The lowest BCUT2D eigenvalue weighted by Crippen LogP contribution is -2.29. The number of aromatic nitrogens is 2. The van der Waals surface area contributed by atoms with Crippen molar-refractivity contribution in [2.75, 3.05) is 21.3 Å². The number of carbonyl (C=O) groups is 1. The fourth-order valence-corrected chi connectivity index (χ4v) is 3.05. The number of allylic oxidation sites excluding steroid dienone is 1. The summed E-state index contributed by atoms with van der Waals surface area (Å²) in [4.78, 5) is 24.9. The SMILES string of the molecule is COC(=O)c1cc(-c2ccc(OC)c(OC)c2)nn(CC=Cc2ccc(Cl)cc2)c1=O. The first-order valence-electron chi connectivity index (χ1n) is 9.31. The fourth-order valence-electron chi connectivity index (χ4n) is 2.92. The second-order valence-corrected chi connectivity index (χ2v) is 6.88. The lowest BCUT2D eigenvalue weighted by Gasteiger charge is -2.11. The van der Waals surface area contributed by atoms with Gasteiger partial charge in [-0.15, -0.1) is 0 Å². The first-order chi connectivity index (χ1) is 15.0. The molecule has 0 atom stereocenters. The highest BCUT2D eigenvalue weighted by Gasteiger charge is 2.17. The van der Waals surface area contributed by atoms with E-state index in [-0.39, 0.29) is 12.1 Å². The largest absolute Gasteiger partial charge is 0.493 e. The molecule has 0 N–H and O–H groups in total. The van der Waals surface area contributed by atoms with Crippen molar-refractivity contribution < 1.29 is 19.0 Å². The number of rotatable bonds is 7. The Hall–Kier alpha value is -3.58. The van der Waals surface area contributed by atoms with Crippen LogP contribution in [0.2, 0.25) is 5.02 Å². The molecule has 7 nitrogen and oxygen atoms in total. The van der Waals surface area contributed by atoms with E-state index in [1.165, 1.54) is 25.0 Å². The predicted molar refractivity (Wildman–Crippen MR) is 119 cm³/mol. The maximum absolute atomic E-state index is 12.8. The van der Waals surface area contributed by atoms with Crippen LogP contribution in [-0.2, 0) is 11.3 Å². The van der Waals surface area contributed by atoms with Crippen molar-refractivity contribution >= 4 is 23.6 Å². The van der Waals surface area contributed by atoms with Crippen LogP contribution in [0.5, 0.6) is 11.5 Å². The summed E-state index contributed by atoms with van der Waals surface area (Å²) in [5, 5.41) is 5.06. The summed E-state index contributed by atoms with van der Waals surface area (Å²) in [6.07, 6.45) is 3.61. The van der Waals surface area contributed by atoms with Crippen molar-refractivity contribution in [2.45, 2.75) is 6.54 Å². The van der Waals surface area contributed by atoms with E-state index < -0.39 is 11.5 Å². The third-order valence-electron chi connectivity index (χ3n) is 4.52. The van der Waals surface area contributed by atoms with Crippen LogP contribution in [0.25, 0.3) is 17.3 Å². The minimum atomic E-state index is -0.732. The van der Waals surface area contributed by atoms with Crippen LogP contribution < -0.4 is 15.0 Å². The Morgan fingerprint density at radius 2 is 1.74 bits per heavy atom. The average molecular weight is 441 g/mol. The van der Waals surface area contributed by atoms with E-state index in [1.807, 2.05) is 18.2 Å². The zero-order valence-corrected chi connectivity index (χ0v) is 18.1. The highest BCUT2D eigenvalue weighted by molar-refractivity contribution is 6.30. The fraction of sp³-hybridized carbons (Fsp3) is 0.174. The number of ether oxygens (including phenoxy) is 3. The molecule has 3 rings (SSSR count). The average Bonchev–Trinajstić information content (AvgIpc) is 2.80. The smallest absolute Gasteiger partial charge is 0.343 e. The highest BCUT2D eigenvalue weighted by Crippen LogP contribution is 2.31. The van der Waals surface area contributed by atoms with Gasteiger partial charge in [-0.1, -0.05) is 35.9 Å². The van der Waals surface area contributed by atoms with Gasteiger partial charge >= 0.3 is 5.97 Å². The molecule has 1 aromatic heterocycles. The first kappa shape index (κ1) is 22.1. The van der Waals surface area contributed by atoms with Gasteiger partial charge in [-0.05, 0) is 42.0 Å². The van der Waals surface area contributed by atoms with Crippen molar-refractivity contribution in [2.24, 2.45) is 0 Å². The van der Waals surface area contributed by atoms with Gasteiger partial charge < -0.3 is 14.2 Å². The predicted octanol–water partition coefficient (Wildman–Crippen LogP) is 4.08. The molecule has 0 saturated carbocycles. The van der Waals surface area contributed by atoms with E-state index in [2.05, 4.69) is 5.10 Å². The van der Waals surface area contributed by atoms with Crippen molar-refractivity contribution in [3.05, 3.63) is 81.1 Å². The number of halogens is 1. The maximum Gasteiger partial charge on any atom is 0.343 e. The maximum atomic E-state index is 12.8. The molecule has 0 fully saturated rings. The van der Waals surface area contributed by atoms with Gasteiger partial charge in [0.15, 0.2) is 11.5 Å². The molecule has 0 aliphatic heterocycles. The number of esters is 1. The molecule has 1 heterocycles. The second-order valence-electron chi connectivity index (χ2n) is 6.45. The van der Waals surface area contributed by atoms with Crippen LogP contribution in [0.3, 0.4) is 0 Å². The quantitative estimate of drug-likeness (QED) is 0.515. The zero-order chi connectivity index (χ0) is 22.4. The lowest BCUT2D eigenvalue weighted by molar-refractivity contribution is 0.0597. The standard InChI is InChI=1S/C23H21ClN2O5/c1-29-20-11-8-16(13-21(20)30-2)19-14-18(23(28)31-3)22(27)26(25-19)12-4-5-15-6-9-17(24)10-7-15/h4-11,13-14H,12H2,1-3H3. The van der Waals surface area contributed by atoms with Crippen LogP contribution in [0, 0.1) is 0 Å². The molecular formula is C23H21ClN2O5. The molecule has 2 aromatic carbocycles. The van der Waals surface area contributed by atoms with Gasteiger partial charge in [0.05, 0.1) is 33.6 Å². The van der Waals surface area contributed by atoms with Crippen molar-refractivity contribution in [1.29, 1.82) is 0 Å². The first-order valence-corrected chi connectivity index (χ1v) is 9.69. The van der Waals surface area contributed by atoms with E-state index in [1.54, 1.807) is 43.5 Å². The molecule has 0 radical (unpaired) electrons. The minimum Gasteiger partial charge on any atom is -0.493 e. The third kappa shape index (κ3) is 5.13. The van der Waals surface area contributed by atoms with Crippen LogP contribution in [0.1, 0.15) is 15.9 Å². The highest BCUT2D eigenvalue weighted by atomic mass is 35.5. The van der Waals surface area contributed by atoms with Gasteiger partial charge in [0.25, 0.3) is 5.56 Å². The van der Waals surface area contributed by atoms with Crippen molar-refractivity contribution in [3.63, 3.8) is 0 Å². The Balaban J connectivity index is 2.02. The van der Waals surface area contributed by atoms with Crippen LogP contribution in [0.15, 0.2) is 59.4 Å². The Morgan fingerprint density at radius 1 is 1.03 bits per heavy atom. The zero-order valence-electron chi connectivity index (χ0n) is 17.3. The Morgan fingerprint density at radius 3 is 2.39 bits per heavy atom.